The average molecular weight is 372 g/mol. The first-order valence-electron chi connectivity index (χ1n) is 9.81. The number of thioether (sulfide) groups is 1. The van der Waals surface area contributed by atoms with E-state index >= 15 is 0 Å². The Morgan fingerprint density at radius 2 is 1.62 bits per heavy atom. The van der Waals surface area contributed by atoms with E-state index in [0.717, 1.165) is 47.4 Å². The van der Waals surface area contributed by atoms with E-state index in [1.54, 1.807) is 0 Å². The van der Waals surface area contributed by atoms with Gasteiger partial charge in [0.05, 0.1) is 6.61 Å². The number of nitrogens with one attached hydrogen (secondary N) is 1. The molecule has 1 aromatic rings. The highest BCUT2D eigenvalue weighted by atomic mass is 32.2. The molecule has 4 bridgehead atoms. The van der Waals surface area contributed by atoms with E-state index in [0.29, 0.717) is 11.8 Å². The first-order chi connectivity index (χ1) is 12.6. The Bertz CT molecular complexity index is 694. The van der Waals surface area contributed by atoms with Gasteiger partial charge in [-0.3, -0.25) is 9.59 Å². The van der Waals surface area contributed by atoms with Gasteiger partial charge in [-0.15, -0.1) is 0 Å². The summed E-state index contributed by atoms with van der Waals surface area (Å²) in [5.74, 6) is 3.76. The van der Waals surface area contributed by atoms with Crippen LogP contribution >= 0.6 is 11.8 Å². The molecule has 4 saturated carbocycles. The Hall–Kier alpha value is -1.49. The molecular weight excluding hydrogens is 346 g/mol. The second-order valence-corrected chi connectivity index (χ2v) is 9.94. The average Bonchev–Trinajstić information content (AvgIpc) is 2.90. The fourth-order valence-electron chi connectivity index (χ4n) is 6.19. The van der Waals surface area contributed by atoms with Gasteiger partial charge in [-0.05, 0) is 74.0 Å². The lowest BCUT2D eigenvalue weighted by atomic mass is 9.50. The number of hydrogen-bond acceptors (Lipinski definition) is 4. The quantitative estimate of drug-likeness (QED) is 0.844. The molecule has 1 unspecified atom stereocenters. The Labute approximate surface area is 158 Å². The van der Waals surface area contributed by atoms with E-state index in [9.17, 15) is 9.59 Å². The fraction of sp³-hybridized carbons (Fsp3) is 0.619. The minimum Gasteiger partial charge on any atom is -0.493 e. The minimum atomic E-state index is -0.397. The van der Waals surface area contributed by atoms with Crippen molar-refractivity contribution in [1.29, 1.82) is 0 Å². The van der Waals surface area contributed by atoms with Crippen LogP contribution in [0.15, 0.2) is 24.3 Å². The van der Waals surface area contributed by atoms with Gasteiger partial charge in [0.2, 0.25) is 5.12 Å². The molecule has 1 aromatic carbocycles. The van der Waals surface area contributed by atoms with Gasteiger partial charge in [0.25, 0.3) is 5.24 Å². The van der Waals surface area contributed by atoms with Gasteiger partial charge in [0.15, 0.2) is 0 Å². The van der Waals surface area contributed by atoms with Gasteiger partial charge >= 0.3 is 0 Å². The lowest BCUT2D eigenvalue weighted by molar-refractivity contribution is -0.112. The molecule has 26 heavy (non-hydrogen) atoms. The summed E-state index contributed by atoms with van der Waals surface area (Å²) in [6, 6.07) is 7.63. The molecule has 4 nitrogen and oxygen atoms in total. The Morgan fingerprint density at radius 3 is 2.15 bits per heavy atom. The monoisotopic (exact) mass is 371 g/mol. The van der Waals surface area contributed by atoms with Crippen LogP contribution in [0.2, 0.25) is 0 Å². The molecular formula is C21H25NO3S. The van der Waals surface area contributed by atoms with Crippen LogP contribution in [0.5, 0.6) is 5.75 Å². The maximum Gasteiger partial charge on any atom is 0.287 e. The van der Waals surface area contributed by atoms with E-state index in [1.807, 2.05) is 24.3 Å². The zero-order valence-electron chi connectivity index (χ0n) is 14.9. The molecule has 5 fully saturated rings. The number of ether oxygens (including phenoxy) is 1. The highest BCUT2D eigenvalue weighted by Gasteiger charge is 2.51. The van der Waals surface area contributed by atoms with E-state index < -0.39 is 6.04 Å². The zero-order chi connectivity index (χ0) is 17.7. The molecule has 1 heterocycles. The number of carbonyl (C=O) groups excluding carboxylic acids is 2. The molecule has 5 heteroatoms. The summed E-state index contributed by atoms with van der Waals surface area (Å²) < 4.78 is 6.21. The smallest absolute Gasteiger partial charge is 0.287 e. The Balaban J connectivity index is 1.19. The van der Waals surface area contributed by atoms with Crippen LogP contribution in [0, 0.1) is 23.2 Å². The van der Waals surface area contributed by atoms with Gasteiger partial charge in [0.1, 0.15) is 11.8 Å². The second kappa shape index (κ2) is 6.29. The third-order valence-electron chi connectivity index (χ3n) is 6.84. The van der Waals surface area contributed by atoms with Crippen LogP contribution in [-0.4, -0.2) is 23.0 Å². The lowest BCUT2D eigenvalue weighted by Gasteiger charge is -2.56. The van der Waals surface area contributed by atoms with Crippen LogP contribution in [0.1, 0.15) is 44.1 Å². The van der Waals surface area contributed by atoms with Crippen LogP contribution in [0.4, 0.5) is 4.79 Å². The maximum absolute atomic E-state index is 11.7. The van der Waals surface area contributed by atoms with Gasteiger partial charge in [0, 0.05) is 23.6 Å². The number of amides is 1. The zero-order valence-corrected chi connectivity index (χ0v) is 15.7. The van der Waals surface area contributed by atoms with Crippen molar-refractivity contribution in [3.8, 4) is 5.75 Å². The third kappa shape index (κ3) is 3.15. The Morgan fingerprint density at radius 1 is 1.00 bits per heavy atom. The predicted molar refractivity (Wildman–Crippen MR) is 101 cm³/mol. The van der Waals surface area contributed by atoms with E-state index in [1.165, 1.54) is 38.5 Å². The van der Waals surface area contributed by atoms with Crippen molar-refractivity contribution in [2.24, 2.45) is 23.2 Å². The summed E-state index contributed by atoms with van der Waals surface area (Å²) in [5.41, 5.74) is 1.47. The Kier molecular flexibility index (Phi) is 4.03. The summed E-state index contributed by atoms with van der Waals surface area (Å²) in [6.45, 7) is 0.851. The highest BCUT2D eigenvalue weighted by molar-refractivity contribution is 8.26. The lowest BCUT2D eigenvalue weighted by Crippen LogP contribution is -2.48. The number of hydrogen-bond donors (Lipinski definition) is 1. The minimum absolute atomic E-state index is 0.0860. The van der Waals surface area contributed by atoms with E-state index in [4.69, 9.17) is 4.74 Å². The van der Waals surface area contributed by atoms with Gasteiger partial charge in [-0.2, -0.15) is 0 Å². The summed E-state index contributed by atoms with van der Waals surface area (Å²) in [7, 11) is 0. The van der Waals surface area contributed by atoms with Gasteiger partial charge in [-0.25, -0.2) is 0 Å². The van der Waals surface area contributed by atoms with Gasteiger partial charge in [-0.1, -0.05) is 12.1 Å². The molecule has 1 N–H and O–H groups in total. The first-order valence-corrected chi connectivity index (χ1v) is 10.6. The third-order valence-corrected chi connectivity index (χ3v) is 7.63. The second-order valence-electron chi connectivity index (χ2n) is 8.96. The summed E-state index contributed by atoms with van der Waals surface area (Å²) >= 11 is 0.773. The molecule has 138 valence electrons. The van der Waals surface area contributed by atoms with Crippen molar-refractivity contribution in [1.82, 2.24) is 5.32 Å². The standard InChI is InChI=1S/C21H25NO3S/c23-19-18(22-20(24)26-19)8-13-1-3-17(4-2-13)25-12-21-9-14-5-15(10-21)7-16(6-14)11-21/h1-4,14-16,18H,5-12H2,(H,22,24). The summed E-state index contributed by atoms with van der Waals surface area (Å²) in [6.07, 6.45) is 9.01. The van der Waals surface area contributed by atoms with Crippen molar-refractivity contribution < 1.29 is 14.3 Å². The van der Waals surface area contributed by atoms with Crippen molar-refractivity contribution in [2.45, 2.75) is 51.0 Å². The van der Waals surface area contributed by atoms with Crippen LogP contribution in [0.3, 0.4) is 0 Å². The van der Waals surface area contributed by atoms with Crippen LogP contribution < -0.4 is 10.1 Å². The fourth-order valence-corrected chi connectivity index (χ4v) is 6.86. The first kappa shape index (κ1) is 16.7. The molecule has 1 aliphatic heterocycles. The van der Waals surface area contributed by atoms with E-state index in [2.05, 4.69) is 5.32 Å². The molecule has 6 rings (SSSR count). The number of rotatable bonds is 5. The SMILES string of the molecule is O=C1NC(Cc2ccc(OCC34CC5CC(CC(C5)C3)C4)cc2)C(=O)S1. The van der Waals surface area contributed by atoms with Crippen molar-refractivity contribution >= 4 is 22.1 Å². The van der Waals surface area contributed by atoms with E-state index in [-0.39, 0.29) is 10.4 Å². The molecule has 0 radical (unpaired) electrons. The molecule has 1 amide bonds. The molecule has 1 atom stereocenters. The molecule has 1 saturated heterocycles. The van der Waals surface area contributed by atoms with Crippen molar-refractivity contribution in [3.63, 3.8) is 0 Å². The largest absolute Gasteiger partial charge is 0.493 e. The number of benzene rings is 1. The summed E-state index contributed by atoms with van der Waals surface area (Å²) in [5, 5.41) is 2.38. The number of carbonyl (C=O) groups is 2. The topological polar surface area (TPSA) is 55.4 Å². The normalized spacial score (nSPS) is 37.8. The van der Waals surface area contributed by atoms with Crippen LogP contribution in [0.25, 0.3) is 0 Å². The molecule has 0 aromatic heterocycles. The molecule has 4 aliphatic carbocycles. The van der Waals surface area contributed by atoms with Crippen LogP contribution in [-0.2, 0) is 11.2 Å². The van der Waals surface area contributed by atoms with Gasteiger partial charge < -0.3 is 10.1 Å². The molecule has 5 aliphatic rings. The van der Waals surface area contributed by atoms with Crippen molar-refractivity contribution in [2.75, 3.05) is 6.61 Å². The molecule has 0 spiro atoms. The predicted octanol–water partition coefficient (Wildman–Crippen LogP) is 4.18. The van der Waals surface area contributed by atoms with Crippen molar-refractivity contribution in [3.05, 3.63) is 29.8 Å². The maximum atomic E-state index is 11.7. The summed E-state index contributed by atoms with van der Waals surface area (Å²) in [4.78, 5) is 23.0. The highest BCUT2D eigenvalue weighted by Crippen LogP contribution is 2.60.